The van der Waals surface area contributed by atoms with Gasteiger partial charge in [-0.25, -0.2) is 4.98 Å². The number of benzene rings is 2. The van der Waals surface area contributed by atoms with Gasteiger partial charge in [-0.1, -0.05) is 29.8 Å². The van der Waals surface area contributed by atoms with E-state index in [0.717, 1.165) is 35.4 Å². The number of imidazole rings is 1. The Balaban J connectivity index is 1.45. The summed E-state index contributed by atoms with van der Waals surface area (Å²) in [5.41, 5.74) is 3.16. The molecule has 0 bridgehead atoms. The summed E-state index contributed by atoms with van der Waals surface area (Å²) >= 11 is 0. The van der Waals surface area contributed by atoms with E-state index in [-0.39, 0.29) is 12.0 Å². The topological polar surface area (TPSA) is 65.4 Å². The van der Waals surface area contributed by atoms with Gasteiger partial charge in [0.25, 0.3) is 0 Å². The molecule has 1 unspecified atom stereocenters. The van der Waals surface area contributed by atoms with Crippen molar-refractivity contribution in [1.82, 2.24) is 14.9 Å². The Kier molecular flexibility index (Phi) is 5.58. The van der Waals surface area contributed by atoms with Crippen LogP contribution in [0.5, 0.6) is 5.75 Å². The van der Waals surface area contributed by atoms with Gasteiger partial charge in [-0.3, -0.25) is 4.79 Å². The lowest BCUT2D eigenvalue weighted by Crippen LogP contribution is -2.34. The highest BCUT2D eigenvalue weighted by Gasteiger charge is 2.23. The van der Waals surface area contributed by atoms with Gasteiger partial charge in [-0.05, 0) is 44.0 Å². The van der Waals surface area contributed by atoms with Gasteiger partial charge >= 0.3 is 0 Å². The first kappa shape index (κ1) is 18.5. The summed E-state index contributed by atoms with van der Waals surface area (Å²) in [4.78, 5) is 17.0. The number of ether oxygens (including phenoxy) is 2. The molecule has 146 valence electrons. The van der Waals surface area contributed by atoms with E-state index in [2.05, 4.69) is 16.8 Å². The molecule has 4 rings (SSSR count). The summed E-state index contributed by atoms with van der Waals surface area (Å²) in [7, 11) is 0. The van der Waals surface area contributed by atoms with Crippen LogP contribution in [0.3, 0.4) is 0 Å². The molecule has 1 aliphatic rings. The second kappa shape index (κ2) is 8.44. The van der Waals surface area contributed by atoms with Crippen molar-refractivity contribution in [2.75, 3.05) is 13.2 Å². The number of aromatic nitrogens is 2. The first-order valence-electron chi connectivity index (χ1n) is 9.73. The molecule has 2 aromatic carbocycles. The zero-order chi connectivity index (χ0) is 19.3. The summed E-state index contributed by atoms with van der Waals surface area (Å²) in [5.74, 6) is 1.61. The molecule has 1 fully saturated rings. The molecule has 1 aliphatic heterocycles. The summed E-state index contributed by atoms with van der Waals surface area (Å²) in [6, 6.07) is 16.0. The highest BCUT2D eigenvalue weighted by molar-refractivity contribution is 5.81. The van der Waals surface area contributed by atoms with Crippen molar-refractivity contribution >= 4 is 16.9 Å². The fourth-order valence-corrected chi connectivity index (χ4v) is 3.46. The molecule has 3 aromatic rings. The summed E-state index contributed by atoms with van der Waals surface area (Å²) in [6.45, 7) is 4.26. The molecule has 1 atom stereocenters. The zero-order valence-corrected chi connectivity index (χ0v) is 16.1. The Hall–Kier alpha value is -2.86. The largest absolute Gasteiger partial charge is 0.492 e. The number of carbonyl (C=O) groups excluding carboxylic acids is 1. The Labute approximate surface area is 164 Å². The Morgan fingerprint density at radius 2 is 2.07 bits per heavy atom. The molecule has 1 saturated heterocycles. The molecule has 1 amide bonds. The predicted octanol–water partition coefficient (Wildman–Crippen LogP) is 3.22. The third-order valence-electron chi connectivity index (χ3n) is 4.98. The highest BCUT2D eigenvalue weighted by atomic mass is 16.5. The fraction of sp³-hybridized carbons (Fsp3) is 0.364. The van der Waals surface area contributed by atoms with Gasteiger partial charge in [-0.2, -0.15) is 0 Å². The van der Waals surface area contributed by atoms with E-state index in [4.69, 9.17) is 14.5 Å². The second-order valence-electron chi connectivity index (χ2n) is 7.05. The van der Waals surface area contributed by atoms with Crippen molar-refractivity contribution in [2.45, 2.75) is 39.0 Å². The van der Waals surface area contributed by atoms with Crippen molar-refractivity contribution in [1.29, 1.82) is 0 Å². The van der Waals surface area contributed by atoms with E-state index < -0.39 is 0 Å². The minimum absolute atomic E-state index is 0.0630. The lowest BCUT2D eigenvalue weighted by atomic mass is 10.2. The number of nitrogens with zero attached hydrogens (tertiary/aromatic N) is 2. The van der Waals surface area contributed by atoms with Crippen LogP contribution in [0.4, 0.5) is 0 Å². The maximum Gasteiger partial charge on any atom is 0.249 e. The van der Waals surface area contributed by atoms with Crippen molar-refractivity contribution in [2.24, 2.45) is 0 Å². The molecule has 1 aromatic heterocycles. The molecule has 0 spiro atoms. The third kappa shape index (κ3) is 4.17. The van der Waals surface area contributed by atoms with Crippen LogP contribution in [-0.2, 0) is 22.6 Å². The van der Waals surface area contributed by atoms with Crippen LogP contribution < -0.4 is 10.1 Å². The number of hydrogen-bond donors (Lipinski definition) is 1. The number of amides is 1. The van der Waals surface area contributed by atoms with Crippen LogP contribution >= 0.6 is 0 Å². The SMILES string of the molecule is Cc1ccc(OCCn2c(CNC(=O)C3CCCO3)nc3ccccc32)cc1. The third-order valence-corrected chi connectivity index (χ3v) is 4.98. The van der Waals surface area contributed by atoms with Crippen LogP contribution in [-0.4, -0.2) is 34.8 Å². The van der Waals surface area contributed by atoms with Crippen molar-refractivity contribution in [3.05, 3.63) is 59.9 Å². The Bertz CT molecular complexity index is 943. The van der Waals surface area contributed by atoms with Crippen LogP contribution in [0.25, 0.3) is 11.0 Å². The van der Waals surface area contributed by atoms with E-state index in [9.17, 15) is 4.79 Å². The number of nitrogens with one attached hydrogen (secondary N) is 1. The van der Waals surface area contributed by atoms with Gasteiger partial charge in [0, 0.05) is 6.61 Å². The van der Waals surface area contributed by atoms with E-state index in [1.54, 1.807) is 0 Å². The Morgan fingerprint density at radius 3 is 2.86 bits per heavy atom. The van der Waals surface area contributed by atoms with Crippen LogP contribution in [0.2, 0.25) is 0 Å². The Morgan fingerprint density at radius 1 is 1.25 bits per heavy atom. The number of rotatable bonds is 7. The highest BCUT2D eigenvalue weighted by Crippen LogP contribution is 2.18. The zero-order valence-electron chi connectivity index (χ0n) is 16.1. The van der Waals surface area contributed by atoms with E-state index in [0.29, 0.717) is 26.3 Å². The summed E-state index contributed by atoms with van der Waals surface area (Å²) < 4.78 is 13.5. The summed E-state index contributed by atoms with van der Waals surface area (Å²) in [6.07, 6.45) is 1.39. The normalized spacial score (nSPS) is 16.4. The van der Waals surface area contributed by atoms with Crippen molar-refractivity contribution in [3.8, 4) is 5.75 Å². The van der Waals surface area contributed by atoms with Crippen LogP contribution in [0.1, 0.15) is 24.2 Å². The van der Waals surface area contributed by atoms with E-state index in [1.807, 2.05) is 48.5 Å². The molecule has 6 nitrogen and oxygen atoms in total. The van der Waals surface area contributed by atoms with Gasteiger partial charge in [0.1, 0.15) is 24.3 Å². The minimum Gasteiger partial charge on any atom is -0.492 e. The number of hydrogen-bond acceptors (Lipinski definition) is 4. The average Bonchev–Trinajstić information content (AvgIpc) is 3.36. The number of aryl methyl sites for hydroxylation is 1. The molecule has 6 heteroatoms. The predicted molar refractivity (Wildman–Crippen MR) is 107 cm³/mol. The minimum atomic E-state index is -0.331. The van der Waals surface area contributed by atoms with Crippen LogP contribution in [0, 0.1) is 6.92 Å². The maximum absolute atomic E-state index is 12.3. The molecule has 0 saturated carbocycles. The molecule has 2 heterocycles. The van der Waals surface area contributed by atoms with E-state index >= 15 is 0 Å². The summed E-state index contributed by atoms with van der Waals surface area (Å²) in [5, 5.41) is 2.97. The van der Waals surface area contributed by atoms with E-state index in [1.165, 1.54) is 5.56 Å². The molecule has 28 heavy (non-hydrogen) atoms. The van der Waals surface area contributed by atoms with Gasteiger partial charge < -0.3 is 19.4 Å². The van der Waals surface area contributed by atoms with Gasteiger partial charge in [0.05, 0.1) is 24.1 Å². The van der Waals surface area contributed by atoms with Crippen LogP contribution in [0.15, 0.2) is 48.5 Å². The number of carbonyl (C=O) groups is 1. The standard InChI is InChI=1S/C22H25N3O3/c1-16-8-10-17(11-9-16)27-14-12-25-19-6-3-2-5-18(19)24-21(25)15-23-22(26)20-7-4-13-28-20/h2-3,5-6,8-11,20H,4,7,12-15H2,1H3,(H,23,26). The molecule has 1 N–H and O–H groups in total. The smallest absolute Gasteiger partial charge is 0.249 e. The second-order valence-corrected chi connectivity index (χ2v) is 7.05. The van der Waals surface area contributed by atoms with Crippen molar-refractivity contribution < 1.29 is 14.3 Å². The fourth-order valence-electron chi connectivity index (χ4n) is 3.46. The quantitative estimate of drug-likeness (QED) is 0.685. The molecule has 0 radical (unpaired) electrons. The maximum atomic E-state index is 12.3. The lowest BCUT2D eigenvalue weighted by Gasteiger charge is -2.13. The first-order chi connectivity index (χ1) is 13.7. The van der Waals surface area contributed by atoms with Crippen molar-refractivity contribution in [3.63, 3.8) is 0 Å². The molecule has 0 aliphatic carbocycles. The number of para-hydroxylation sites is 2. The number of fused-ring (bicyclic) bond motifs is 1. The van der Waals surface area contributed by atoms with Gasteiger partial charge in [-0.15, -0.1) is 0 Å². The first-order valence-corrected chi connectivity index (χ1v) is 9.73. The lowest BCUT2D eigenvalue weighted by molar-refractivity contribution is -0.130. The molecular weight excluding hydrogens is 354 g/mol. The molecular formula is C22H25N3O3. The monoisotopic (exact) mass is 379 g/mol. The van der Waals surface area contributed by atoms with Gasteiger partial charge in [0.2, 0.25) is 5.91 Å². The van der Waals surface area contributed by atoms with Gasteiger partial charge in [0.15, 0.2) is 0 Å². The average molecular weight is 379 g/mol.